The molecule has 7 nitrogen and oxygen atoms in total. The van der Waals surface area contributed by atoms with E-state index in [0.29, 0.717) is 40.0 Å². The minimum Gasteiger partial charge on any atom is -0.504 e. The van der Waals surface area contributed by atoms with Gasteiger partial charge in [0.25, 0.3) is 0 Å². The molecule has 164 valence electrons. The smallest absolute Gasteiger partial charge is 0.227 e. The van der Waals surface area contributed by atoms with E-state index in [-0.39, 0.29) is 5.75 Å². The van der Waals surface area contributed by atoms with Gasteiger partial charge >= 0.3 is 0 Å². The van der Waals surface area contributed by atoms with Gasteiger partial charge < -0.3 is 28.5 Å². The minimum absolute atomic E-state index is 0.0563. The van der Waals surface area contributed by atoms with E-state index in [0.717, 1.165) is 16.6 Å². The molecule has 32 heavy (non-hydrogen) atoms. The fourth-order valence-corrected chi connectivity index (χ4v) is 3.44. The van der Waals surface area contributed by atoms with Gasteiger partial charge in [0, 0.05) is 5.57 Å². The molecule has 1 heterocycles. The number of nitrogens with zero attached hydrogens (tertiary/aromatic N) is 1. The molecule has 0 aliphatic heterocycles. The number of hydrogen-bond acceptors (Lipinski definition) is 7. The van der Waals surface area contributed by atoms with Crippen molar-refractivity contribution in [3.63, 3.8) is 0 Å². The third-order valence-corrected chi connectivity index (χ3v) is 5.01. The molecule has 0 fully saturated rings. The first kappa shape index (κ1) is 21.1. The molecule has 4 rings (SSSR count). The highest BCUT2D eigenvalue weighted by Crippen LogP contribution is 2.42. The standard InChI is InChI=1S/C25H23NO6/c1-28-21-12-15(9-10-19(21)27)11-17(25-26-18-7-5-6-8-20(18)32-25)16-13-22(29-2)24(31-4)23(14-16)30-3/h5-14,27H,1-4H3/b17-11+. The lowest BCUT2D eigenvalue weighted by atomic mass is 10.0. The van der Waals surface area contributed by atoms with Crippen LogP contribution in [-0.4, -0.2) is 38.5 Å². The average Bonchev–Trinajstić information content (AvgIpc) is 3.26. The molecule has 3 aromatic carbocycles. The minimum atomic E-state index is 0.0563. The number of benzene rings is 3. The Morgan fingerprint density at radius 2 is 1.53 bits per heavy atom. The van der Waals surface area contributed by atoms with Crippen molar-refractivity contribution in [3.05, 3.63) is 71.6 Å². The van der Waals surface area contributed by atoms with Crippen LogP contribution in [0.25, 0.3) is 22.7 Å². The summed E-state index contributed by atoms with van der Waals surface area (Å²) >= 11 is 0. The fourth-order valence-electron chi connectivity index (χ4n) is 3.44. The molecule has 0 unspecified atom stereocenters. The molecule has 1 N–H and O–H groups in total. The predicted octanol–water partition coefficient (Wildman–Crippen LogP) is 5.16. The quantitative estimate of drug-likeness (QED) is 0.403. The van der Waals surface area contributed by atoms with E-state index in [1.807, 2.05) is 42.5 Å². The number of rotatable bonds is 7. The Bertz CT molecular complexity index is 1230. The van der Waals surface area contributed by atoms with Gasteiger partial charge in [0.2, 0.25) is 11.6 Å². The zero-order valence-corrected chi connectivity index (χ0v) is 18.2. The Morgan fingerprint density at radius 3 is 2.16 bits per heavy atom. The van der Waals surface area contributed by atoms with E-state index < -0.39 is 0 Å². The highest BCUT2D eigenvalue weighted by molar-refractivity contribution is 5.92. The van der Waals surface area contributed by atoms with Gasteiger partial charge in [0.1, 0.15) is 5.52 Å². The van der Waals surface area contributed by atoms with Crippen molar-refractivity contribution in [3.8, 4) is 28.7 Å². The monoisotopic (exact) mass is 433 g/mol. The van der Waals surface area contributed by atoms with Crippen molar-refractivity contribution in [2.75, 3.05) is 28.4 Å². The van der Waals surface area contributed by atoms with Crippen LogP contribution in [0.2, 0.25) is 0 Å². The zero-order valence-electron chi connectivity index (χ0n) is 18.2. The first-order chi connectivity index (χ1) is 15.6. The van der Waals surface area contributed by atoms with Gasteiger partial charge in [-0.3, -0.25) is 0 Å². The van der Waals surface area contributed by atoms with Crippen LogP contribution in [0.1, 0.15) is 17.0 Å². The van der Waals surface area contributed by atoms with Crippen LogP contribution in [-0.2, 0) is 0 Å². The van der Waals surface area contributed by atoms with Crippen LogP contribution in [0.3, 0.4) is 0 Å². The Hall–Kier alpha value is -4.13. The van der Waals surface area contributed by atoms with Crippen LogP contribution in [0.5, 0.6) is 28.7 Å². The van der Waals surface area contributed by atoms with Gasteiger partial charge in [-0.25, -0.2) is 4.98 Å². The lowest BCUT2D eigenvalue weighted by molar-refractivity contribution is 0.324. The van der Waals surface area contributed by atoms with Gasteiger partial charge in [-0.05, 0) is 53.6 Å². The SMILES string of the molecule is COc1cc(/C=C(\c2cc(OC)c(OC)c(OC)c2)c2nc3ccccc3o2)ccc1O. The predicted molar refractivity (Wildman–Crippen MR) is 122 cm³/mol. The molecular formula is C25H23NO6. The lowest BCUT2D eigenvalue weighted by Gasteiger charge is -2.15. The van der Waals surface area contributed by atoms with Gasteiger partial charge in [-0.1, -0.05) is 18.2 Å². The van der Waals surface area contributed by atoms with Crippen molar-refractivity contribution in [2.45, 2.75) is 0 Å². The maximum absolute atomic E-state index is 9.97. The normalized spacial score (nSPS) is 11.4. The lowest BCUT2D eigenvalue weighted by Crippen LogP contribution is -1.98. The first-order valence-corrected chi connectivity index (χ1v) is 9.83. The fraction of sp³-hybridized carbons (Fsp3) is 0.160. The van der Waals surface area contributed by atoms with Gasteiger partial charge in [-0.15, -0.1) is 0 Å². The molecule has 0 saturated carbocycles. The molecular weight excluding hydrogens is 410 g/mol. The van der Waals surface area contributed by atoms with Crippen molar-refractivity contribution in [2.24, 2.45) is 0 Å². The summed E-state index contributed by atoms with van der Waals surface area (Å²) in [5, 5.41) is 9.97. The van der Waals surface area contributed by atoms with Gasteiger partial charge in [-0.2, -0.15) is 0 Å². The number of phenols is 1. The molecule has 0 aliphatic rings. The largest absolute Gasteiger partial charge is 0.504 e. The highest BCUT2D eigenvalue weighted by atomic mass is 16.5. The summed E-state index contributed by atoms with van der Waals surface area (Å²) in [6.07, 6.45) is 1.90. The van der Waals surface area contributed by atoms with Crippen LogP contribution < -0.4 is 18.9 Å². The molecule has 0 spiro atoms. The Labute approximate surface area is 185 Å². The number of fused-ring (bicyclic) bond motifs is 1. The summed E-state index contributed by atoms with van der Waals surface area (Å²) in [6.45, 7) is 0. The summed E-state index contributed by atoms with van der Waals surface area (Å²) in [7, 11) is 6.19. The Kier molecular flexibility index (Phi) is 5.89. The topological polar surface area (TPSA) is 83.2 Å². The van der Waals surface area contributed by atoms with Crippen LogP contribution in [0.4, 0.5) is 0 Å². The van der Waals surface area contributed by atoms with Crippen LogP contribution in [0.15, 0.2) is 59.0 Å². The molecule has 1 aromatic heterocycles. The van der Waals surface area contributed by atoms with Crippen molar-refractivity contribution >= 4 is 22.7 Å². The molecule has 4 aromatic rings. The molecule has 0 amide bonds. The second kappa shape index (κ2) is 8.93. The third kappa shape index (κ3) is 3.92. The summed E-state index contributed by atoms with van der Waals surface area (Å²) in [6, 6.07) is 16.3. The molecule has 0 radical (unpaired) electrons. The summed E-state index contributed by atoms with van der Waals surface area (Å²) in [4.78, 5) is 4.67. The second-order valence-electron chi connectivity index (χ2n) is 6.89. The second-order valence-corrected chi connectivity index (χ2v) is 6.89. The van der Waals surface area contributed by atoms with E-state index >= 15 is 0 Å². The molecule has 0 bridgehead atoms. The van der Waals surface area contributed by atoms with E-state index in [4.69, 9.17) is 23.4 Å². The van der Waals surface area contributed by atoms with Crippen LogP contribution >= 0.6 is 0 Å². The Morgan fingerprint density at radius 1 is 0.844 bits per heavy atom. The number of methoxy groups -OCH3 is 4. The summed E-state index contributed by atoms with van der Waals surface area (Å²) in [5.41, 5.74) is 3.63. The van der Waals surface area contributed by atoms with E-state index in [9.17, 15) is 5.11 Å². The molecule has 0 aliphatic carbocycles. The number of para-hydroxylation sites is 2. The van der Waals surface area contributed by atoms with Crippen LogP contribution in [0, 0.1) is 0 Å². The molecule has 0 saturated heterocycles. The van der Waals surface area contributed by atoms with Gasteiger partial charge in [0.15, 0.2) is 28.6 Å². The van der Waals surface area contributed by atoms with Crippen molar-refractivity contribution in [1.82, 2.24) is 4.98 Å². The number of aromatic hydroxyl groups is 1. The number of hydrogen-bond donors (Lipinski definition) is 1. The number of oxazole rings is 1. The maximum atomic E-state index is 9.97. The van der Waals surface area contributed by atoms with E-state index in [1.54, 1.807) is 39.5 Å². The Balaban J connectivity index is 1.96. The summed E-state index contributed by atoms with van der Waals surface area (Å²) < 4.78 is 27.8. The van der Waals surface area contributed by atoms with Gasteiger partial charge in [0.05, 0.1) is 28.4 Å². The number of aromatic nitrogens is 1. The average molecular weight is 433 g/mol. The number of ether oxygens (including phenoxy) is 4. The zero-order chi connectivity index (χ0) is 22.7. The third-order valence-electron chi connectivity index (χ3n) is 5.01. The van der Waals surface area contributed by atoms with Crippen molar-refractivity contribution in [1.29, 1.82) is 0 Å². The first-order valence-electron chi connectivity index (χ1n) is 9.83. The van der Waals surface area contributed by atoms with E-state index in [1.165, 1.54) is 7.11 Å². The number of phenolic OH excluding ortho intramolecular Hbond substituents is 1. The highest BCUT2D eigenvalue weighted by Gasteiger charge is 2.19. The summed E-state index contributed by atoms with van der Waals surface area (Å²) in [5.74, 6) is 2.34. The molecule has 0 atom stereocenters. The van der Waals surface area contributed by atoms with Crippen molar-refractivity contribution < 1.29 is 28.5 Å². The maximum Gasteiger partial charge on any atom is 0.227 e. The van der Waals surface area contributed by atoms with E-state index in [2.05, 4.69) is 4.98 Å². The molecule has 7 heteroatoms.